The second-order valence-corrected chi connectivity index (χ2v) is 8.19. The van der Waals surface area contributed by atoms with E-state index in [1.807, 2.05) is 45.0 Å². The lowest BCUT2D eigenvalue weighted by molar-refractivity contribution is 0.402. The van der Waals surface area contributed by atoms with Crippen molar-refractivity contribution >= 4 is 26.6 Å². The molecule has 1 heterocycles. The van der Waals surface area contributed by atoms with Crippen LogP contribution in [0.5, 0.6) is 5.75 Å². The predicted octanol–water partition coefficient (Wildman–Crippen LogP) is 4.48. The van der Waals surface area contributed by atoms with Crippen LogP contribution in [0.25, 0.3) is 10.9 Å². The minimum Gasteiger partial charge on any atom is -0.495 e. The number of pyridine rings is 1. The molecule has 0 unspecified atom stereocenters. The van der Waals surface area contributed by atoms with Crippen molar-refractivity contribution < 1.29 is 13.2 Å². The van der Waals surface area contributed by atoms with Crippen LogP contribution in [0.2, 0.25) is 0 Å². The Morgan fingerprint density at radius 1 is 1.12 bits per heavy atom. The second-order valence-electron chi connectivity index (χ2n) is 6.54. The average molecular weight is 370 g/mol. The molecule has 26 heavy (non-hydrogen) atoms. The fourth-order valence-electron chi connectivity index (χ4n) is 3.01. The fraction of sp³-hybridized carbons (Fsp3) is 0.250. The minimum atomic E-state index is -3.81. The van der Waals surface area contributed by atoms with E-state index in [-0.39, 0.29) is 10.8 Å². The monoisotopic (exact) mass is 370 g/mol. The summed E-state index contributed by atoms with van der Waals surface area (Å²) in [6, 6.07) is 12.8. The third kappa shape index (κ3) is 3.51. The van der Waals surface area contributed by atoms with Crippen LogP contribution in [0, 0.1) is 6.92 Å². The number of aryl methyl sites for hydroxylation is 1. The standard InChI is InChI=1S/C20H22N2O3S/c1-13(2)17-11-20(19(25-4)9-14(17)3)26(23,24)22-16-10-15-7-5-6-8-18(15)21-12-16/h5-13,22H,1-4H3. The van der Waals surface area contributed by atoms with E-state index < -0.39 is 10.0 Å². The Bertz CT molecular complexity index is 1060. The molecule has 1 N–H and O–H groups in total. The number of sulfonamides is 1. The van der Waals surface area contributed by atoms with E-state index in [0.717, 1.165) is 22.0 Å². The molecule has 0 aliphatic heterocycles. The maximum atomic E-state index is 13.0. The van der Waals surface area contributed by atoms with E-state index in [2.05, 4.69) is 9.71 Å². The van der Waals surface area contributed by atoms with Gasteiger partial charge in [-0.15, -0.1) is 0 Å². The van der Waals surface area contributed by atoms with Gasteiger partial charge in [-0.3, -0.25) is 9.71 Å². The first-order valence-corrected chi connectivity index (χ1v) is 9.86. The number of hydrogen-bond donors (Lipinski definition) is 1. The molecule has 1 aromatic heterocycles. The van der Waals surface area contributed by atoms with Gasteiger partial charge in [0, 0.05) is 5.39 Å². The second kappa shape index (κ2) is 6.96. The number of benzene rings is 2. The van der Waals surface area contributed by atoms with Gasteiger partial charge >= 0.3 is 0 Å². The third-order valence-corrected chi connectivity index (χ3v) is 5.71. The zero-order chi connectivity index (χ0) is 18.9. The van der Waals surface area contributed by atoms with Crippen LogP contribution < -0.4 is 9.46 Å². The molecule has 0 fully saturated rings. The lowest BCUT2D eigenvalue weighted by atomic mass is 9.98. The normalized spacial score (nSPS) is 11.7. The van der Waals surface area contributed by atoms with Crippen molar-refractivity contribution in [3.63, 3.8) is 0 Å². The van der Waals surface area contributed by atoms with Crippen molar-refractivity contribution in [2.75, 3.05) is 11.8 Å². The molecule has 0 amide bonds. The molecule has 0 atom stereocenters. The van der Waals surface area contributed by atoms with E-state index in [4.69, 9.17) is 4.74 Å². The molecule has 0 saturated heterocycles. The molecular weight excluding hydrogens is 348 g/mol. The summed E-state index contributed by atoms with van der Waals surface area (Å²) in [5, 5.41) is 0.867. The first-order valence-electron chi connectivity index (χ1n) is 8.38. The zero-order valence-corrected chi connectivity index (χ0v) is 16.1. The molecule has 3 aromatic rings. The Labute approximate surface area is 154 Å². The van der Waals surface area contributed by atoms with E-state index in [1.165, 1.54) is 13.3 Å². The molecule has 0 aliphatic rings. The van der Waals surface area contributed by atoms with Crippen LogP contribution >= 0.6 is 0 Å². The summed E-state index contributed by atoms with van der Waals surface area (Å²) in [5.41, 5.74) is 3.20. The molecule has 0 radical (unpaired) electrons. The SMILES string of the molecule is COc1cc(C)c(C(C)C)cc1S(=O)(=O)Nc1cnc2ccccc2c1. The lowest BCUT2D eigenvalue weighted by Crippen LogP contribution is -2.15. The van der Waals surface area contributed by atoms with Crippen LogP contribution in [0.4, 0.5) is 5.69 Å². The van der Waals surface area contributed by atoms with Crippen LogP contribution in [-0.2, 0) is 10.0 Å². The molecular formula is C20H22N2O3S. The molecule has 0 spiro atoms. The molecule has 0 saturated carbocycles. The van der Waals surface area contributed by atoms with E-state index >= 15 is 0 Å². The molecule has 3 rings (SSSR count). The number of para-hydroxylation sites is 1. The van der Waals surface area contributed by atoms with E-state index in [9.17, 15) is 8.42 Å². The predicted molar refractivity (Wildman–Crippen MR) is 104 cm³/mol. The zero-order valence-electron chi connectivity index (χ0n) is 15.3. The van der Waals surface area contributed by atoms with Gasteiger partial charge in [-0.1, -0.05) is 32.0 Å². The van der Waals surface area contributed by atoms with E-state index in [0.29, 0.717) is 11.4 Å². The summed E-state index contributed by atoms with van der Waals surface area (Å²) >= 11 is 0. The van der Waals surface area contributed by atoms with Crippen LogP contribution in [0.3, 0.4) is 0 Å². The molecule has 0 aliphatic carbocycles. The number of methoxy groups -OCH3 is 1. The van der Waals surface area contributed by atoms with Gasteiger partial charge in [-0.25, -0.2) is 8.42 Å². The van der Waals surface area contributed by atoms with Gasteiger partial charge in [0.25, 0.3) is 10.0 Å². The molecule has 5 nitrogen and oxygen atoms in total. The maximum Gasteiger partial charge on any atom is 0.265 e. The number of nitrogens with zero attached hydrogens (tertiary/aromatic N) is 1. The van der Waals surface area contributed by atoms with Crippen molar-refractivity contribution in [3.8, 4) is 5.75 Å². The highest BCUT2D eigenvalue weighted by atomic mass is 32.2. The number of anilines is 1. The first-order chi connectivity index (χ1) is 12.3. The summed E-state index contributed by atoms with van der Waals surface area (Å²) in [5.74, 6) is 0.533. The number of rotatable bonds is 5. The Hall–Kier alpha value is -2.60. The topological polar surface area (TPSA) is 68.3 Å². The first kappa shape index (κ1) is 18.2. The van der Waals surface area contributed by atoms with E-state index in [1.54, 1.807) is 18.2 Å². The summed E-state index contributed by atoms with van der Waals surface area (Å²) in [7, 11) is -2.34. The van der Waals surface area contributed by atoms with Gasteiger partial charge in [-0.05, 0) is 48.2 Å². The number of nitrogens with one attached hydrogen (secondary N) is 1. The molecule has 2 aromatic carbocycles. The fourth-order valence-corrected chi connectivity index (χ4v) is 4.23. The van der Waals surface area contributed by atoms with Crippen molar-refractivity contribution in [1.82, 2.24) is 4.98 Å². The molecule has 0 bridgehead atoms. The minimum absolute atomic E-state index is 0.127. The van der Waals surface area contributed by atoms with Crippen molar-refractivity contribution in [2.24, 2.45) is 0 Å². The lowest BCUT2D eigenvalue weighted by Gasteiger charge is -2.17. The number of aromatic nitrogens is 1. The van der Waals surface area contributed by atoms with Gasteiger partial charge < -0.3 is 4.74 Å². The summed E-state index contributed by atoms with van der Waals surface area (Å²) in [4.78, 5) is 4.43. The molecule has 136 valence electrons. The Morgan fingerprint density at radius 2 is 1.85 bits per heavy atom. The number of fused-ring (bicyclic) bond motifs is 1. The van der Waals surface area contributed by atoms with Crippen LogP contribution in [-0.4, -0.2) is 20.5 Å². The smallest absolute Gasteiger partial charge is 0.265 e. The Kier molecular flexibility index (Phi) is 4.87. The highest BCUT2D eigenvalue weighted by Gasteiger charge is 2.22. The van der Waals surface area contributed by atoms with Gasteiger partial charge in [0.2, 0.25) is 0 Å². The average Bonchev–Trinajstić information content (AvgIpc) is 2.60. The Morgan fingerprint density at radius 3 is 2.54 bits per heavy atom. The van der Waals surface area contributed by atoms with Gasteiger partial charge in [0.15, 0.2) is 0 Å². The van der Waals surface area contributed by atoms with Crippen molar-refractivity contribution in [3.05, 3.63) is 59.8 Å². The van der Waals surface area contributed by atoms with Crippen molar-refractivity contribution in [2.45, 2.75) is 31.6 Å². The Balaban J connectivity index is 2.05. The van der Waals surface area contributed by atoms with Gasteiger partial charge in [0.1, 0.15) is 10.6 Å². The van der Waals surface area contributed by atoms with Crippen LogP contribution in [0.1, 0.15) is 30.9 Å². The number of ether oxygens (including phenoxy) is 1. The highest BCUT2D eigenvalue weighted by molar-refractivity contribution is 7.92. The maximum absolute atomic E-state index is 13.0. The van der Waals surface area contributed by atoms with Gasteiger partial charge in [-0.2, -0.15) is 0 Å². The largest absolute Gasteiger partial charge is 0.495 e. The highest BCUT2D eigenvalue weighted by Crippen LogP contribution is 2.32. The molecule has 6 heteroatoms. The summed E-state index contributed by atoms with van der Waals surface area (Å²) < 4.78 is 33.9. The van der Waals surface area contributed by atoms with Gasteiger partial charge in [0.05, 0.1) is 24.5 Å². The summed E-state index contributed by atoms with van der Waals surface area (Å²) in [6.07, 6.45) is 1.52. The summed E-state index contributed by atoms with van der Waals surface area (Å²) in [6.45, 7) is 6.02. The number of hydrogen-bond acceptors (Lipinski definition) is 4. The van der Waals surface area contributed by atoms with Crippen molar-refractivity contribution in [1.29, 1.82) is 0 Å². The van der Waals surface area contributed by atoms with Crippen LogP contribution in [0.15, 0.2) is 53.6 Å². The quantitative estimate of drug-likeness (QED) is 0.719. The third-order valence-electron chi connectivity index (χ3n) is 4.31.